The van der Waals surface area contributed by atoms with Crippen LogP contribution in [0.3, 0.4) is 0 Å². The third-order valence-corrected chi connectivity index (χ3v) is 4.07. The zero-order valence-electron chi connectivity index (χ0n) is 12.6. The summed E-state index contributed by atoms with van der Waals surface area (Å²) in [5.41, 5.74) is 1.35. The van der Waals surface area contributed by atoms with Gasteiger partial charge in [-0.2, -0.15) is 0 Å². The molecule has 1 aliphatic rings. The average Bonchev–Trinajstić information content (AvgIpc) is 2.56. The summed E-state index contributed by atoms with van der Waals surface area (Å²) in [6, 6.07) is 10.4. The minimum absolute atomic E-state index is 0.0365. The Hall–Kier alpha value is -2.27. The van der Waals surface area contributed by atoms with Crippen molar-refractivity contribution in [2.45, 2.75) is 18.9 Å². The van der Waals surface area contributed by atoms with Gasteiger partial charge in [-0.25, -0.2) is 8.78 Å². The first-order valence-corrected chi connectivity index (χ1v) is 7.70. The molecule has 0 atom stereocenters. The van der Waals surface area contributed by atoms with Gasteiger partial charge in [-0.1, -0.05) is 18.2 Å². The molecule has 3 nitrogen and oxygen atoms in total. The van der Waals surface area contributed by atoms with Crippen molar-refractivity contribution >= 4 is 5.91 Å². The number of hydrogen-bond donors (Lipinski definition) is 2. The molecule has 0 radical (unpaired) electrons. The van der Waals surface area contributed by atoms with Crippen LogP contribution in [0.5, 0.6) is 0 Å². The molecule has 1 saturated heterocycles. The summed E-state index contributed by atoms with van der Waals surface area (Å²) in [6.45, 7) is 1.72. The molecule has 2 aromatic rings. The van der Waals surface area contributed by atoms with E-state index < -0.39 is 5.82 Å². The van der Waals surface area contributed by atoms with Gasteiger partial charge in [0, 0.05) is 6.04 Å². The van der Waals surface area contributed by atoms with Crippen LogP contribution < -0.4 is 10.6 Å². The maximum Gasteiger partial charge on any atom is 0.254 e. The van der Waals surface area contributed by atoms with E-state index in [0.29, 0.717) is 11.1 Å². The van der Waals surface area contributed by atoms with Gasteiger partial charge in [-0.15, -0.1) is 0 Å². The van der Waals surface area contributed by atoms with Gasteiger partial charge in [0.1, 0.15) is 11.6 Å². The number of nitrogens with one attached hydrogen (secondary N) is 2. The second-order valence-corrected chi connectivity index (χ2v) is 5.70. The molecule has 23 heavy (non-hydrogen) atoms. The molecule has 1 amide bonds. The Morgan fingerprint density at radius 3 is 2.30 bits per heavy atom. The highest BCUT2D eigenvalue weighted by Crippen LogP contribution is 2.22. The van der Waals surface area contributed by atoms with Crippen LogP contribution in [0.2, 0.25) is 0 Å². The fraction of sp³-hybridized carbons (Fsp3) is 0.278. The molecule has 0 bridgehead atoms. The lowest BCUT2D eigenvalue weighted by atomic mass is 10.0. The van der Waals surface area contributed by atoms with Crippen molar-refractivity contribution in [2.24, 2.45) is 0 Å². The number of carbonyl (C=O) groups excluding carboxylic acids is 1. The van der Waals surface area contributed by atoms with Gasteiger partial charge in [0.25, 0.3) is 5.91 Å². The number of halogens is 2. The Bertz CT molecular complexity index is 695. The Morgan fingerprint density at radius 1 is 1.00 bits per heavy atom. The summed E-state index contributed by atoms with van der Waals surface area (Å²) in [5.74, 6) is -1.30. The second-order valence-electron chi connectivity index (χ2n) is 5.70. The highest BCUT2D eigenvalue weighted by atomic mass is 19.1. The summed E-state index contributed by atoms with van der Waals surface area (Å²) in [7, 11) is 0. The topological polar surface area (TPSA) is 41.1 Å². The fourth-order valence-corrected chi connectivity index (χ4v) is 2.75. The molecule has 3 rings (SSSR count). The summed E-state index contributed by atoms with van der Waals surface area (Å²) in [4.78, 5) is 12.2. The van der Waals surface area contributed by atoms with Crippen LogP contribution in [0.4, 0.5) is 8.78 Å². The molecule has 120 valence electrons. The first kappa shape index (κ1) is 15.6. The molecule has 2 aromatic carbocycles. The van der Waals surface area contributed by atoms with Gasteiger partial charge >= 0.3 is 0 Å². The van der Waals surface area contributed by atoms with E-state index in [1.807, 2.05) is 0 Å². The van der Waals surface area contributed by atoms with Crippen molar-refractivity contribution in [1.82, 2.24) is 10.6 Å². The normalized spacial score (nSPS) is 15.4. The third kappa shape index (κ3) is 3.74. The molecular formula is C18H18F2N2O. The van der Waals surface area contributed by atoms with Crippen molar-refractivity contribution in [3.05, 3.63) is 59.7 Å². The number of amides is 1. The van der Waals surface area contributed by atoms with Gasteiger partial charge < -0.3 is 10.6 Å². The van der Waals surface area contributed by atoms with Crippen LogP contribution in [-0.2, 0) is 0 Å². The average molecular weight is 316 g/mol. The standard InChI is InChI=1S/C18H18F2N2O/c19-14-4-1-12(2-5-14)13-3-6-16(17(20)11-13)18(23)22-15-7-9-21-10-8-15/h1-6,11,15,21H,7-10H2,(H,22,23). The Morgan fingerprint density at radius 2 is 1.65 bits per heavy atom. The van der Waals surface area contributed by atoms with Crippen LogP contribution in [0.15, 0.2) is 42.5 Å². The van der Waals surface area contributed by atoms with Crippen molar-refractivity contribution < 1.29 is 13.6 Å². The largest absolute Gasteiger partial charge is 0.349 e. The number of benzene rings is 2. The van der Waals surface area contributed by atoms with Gasteiger partial charge in [0.05, 0.1) is 5.56 Å². The third-order valence-electron chi connectivity index (χ3n) is 4.07. The molecule has 0 saturated carbocycles. The van der Waals surface area contributed by atoms with Crippen LogP contribution in [0.25, 0.3) is 11.1 Å². The Balaban J connectivity index is 1.76. The van der Waals surface area contributed by atoms with E-state index in [2.05, 4.69) is 10.6 Å². The minimum Gasteiger partial charge on any atom is -0.349 e. The van der Waals surface area contributed by atoms with Gasteiger partial charge in [0.15, 0.2) is 0 Å². The van der Waals surface area contributed by atoms with Crippen molar-refractivity contribution in [3.8, 4) is 11.1 Å². The van der Waals surface area contributed by atoms with Crippen LogP contribution in [0, 0.1) is 11.6 Å². The number of carbonyl (C=O) groups is 1. The Kier molecular flexibility index (Phi) is 4.67. The summed E-state index contributed by atoms with van der Waals surface area (Å²) in [6.07, 6.45) is 1.70. The highest BCUT2D eigenvalue weighted by Gasteiger charge is 2.19. The zero-order valence-corrected chi connectivity index (χ0v) is 12.6. The van der Waals surface area contributed by atoms with Crippen molar-refractivity contribution in [2.75, 3.05) is 13.1 Å². The van der Waals surface area contributed by atoms with E-state index in [-0.39, 0.29) is 23.3 Å². The van der Waals surface area contributed by atoms with Crippen LogP contribution in [-0.4, -0.2) is 25.0 Å². The van der Waals surface area contributed by atoms with Crippen LogP contribution >= 0.6 is 0 Å². The van der Waals surface area contributed by atoms with E-state index in [0.717, 1.165) is 25.9 Å². The van der Waals surface area contributed by atoms with Gasteiger partial charge in [-0.3, -0.25) is 4.79 Å². The van der Waals surface area contributed by atoms with E-state index in [4.69, 9.17) is 0 Å². The molecule has 0 unspecified atom stereocenters. The van der Waals surface area contributed by atoms with Gasteiger partial charge in [-0.05, 0) is 61.3 Å². The molecule has 2 N–H and O–H groups in total. The second kappa shape index (κ2) is 6.87. The van der Waals surface area contributed by atoms with E-state index in [1.54, 1.807) is 18.2 Å². The first-order valence-electron chi connectivity index (χ1n) is 7.70. The number of rotatable bonds is 3. The molecular weight excluding hydrogens is 298 g/mol. The Labute approximate surface area is 133 Å². The van der Waals surface area contributed by atoms with Crippen LogP contribution in [0.1, 0.15) is 23.2 Å². The number of piperidine rings is 1. The lowest BCUT2D eigenvalue weighted by Crippen LogP contribution is -2.42. The first-order chi connectivity index (χ1) is 11.1. The quantitative estimate of drug-likeness (QED) is 0.913. The lowest BCUT2D eigenvalue weighted by Gasteiger charge is -2.23. The predicted octanol–water partition coefficient (Wildman–Crippen LogP) is 3.11. The van der Waals surface area contributed by atoms with E-state index in [9.17, 15) is 13.6 Å². The maximum absolute atomic E-state index is 14.3. The summed E-state index contributed by atoms with van der Waals surface area (Å²) < 4.78 is 27.2. The lowest BCUT2D eigenvalue weighted by molar-refractivity contribution is 0.0925. The molecule has 0 spiro atoms. The fourth-order valence-electron chi connectivity index (χ4n) is 2.75. The molecule has 1 heterocycles. The monoisotopic (exact) mass is 316 g/mol. The van der Waals surface area contributed by atoms with E-state index >= 15 is 0 Å². The predicted molar refractivity (Wildman–Crippen MR) is 85.2 cm³/mol. The molecule has 0 aliphatic carbocycles. The summed E-state index contributed by atoms with van der Waals surface area (Å²) >= 11 is 0. The van der Waals surface area contributed by atoms with Gasteiger partial charge in [0.2, 0.25) is 0 Å². The van der Waals surface area contributed by atoms with Crippen molar-refractivity contribution in [1.29, 1.82) is 0 Å². The van der Waals surface area contributed by atoms with E-state index in [1.165, 1.54) is 24.3 Å². The molecule has 5 heteroatoms. The highest BCUT2D eigenvalue weighted by molar-refractivity contribution is 5.95. The molecule has 1 aliphatic heterocycles. The van der Waals surface area contributed by atoms with Crippen molar-refractivity contribution in [3.63, 3.8) is 0 Å². The molecule has 1 fully saturated rings. The minimum atomic E-state index is -0.571. The smallest absolute Gasteiger partial charge is 0.254 e. The summed E-state index contributed by atoms with van der Waals surface area (Å²) in [5, 5.41) is 6.09. The molecule has 0 aromatic heterocycles. The number of hydrogen-bond acceptors (Lipinski definition) is 2. The maximum atomic E-state index is 14.3. The zero-order chi connectivity index (χ0) is 16.2. The SMILES string of the molecule is O=C(NC1CCNCC1)c1ccc(-c2ccc(F)cc2)cc1F.